The van der Waals surface area contributed by atoms with E-state index >= 15 is 0 Å². The smallest absolute Gasteiger partial charge is 0.326 e. The fourth-order valence-electron chi connectivity index (χ4n) is 4.60. The van der Waals surface area contributed by atoms with Crippen LogP contribution in [-0.4, -0.2) is 29.6 Å². The third-order valence-electron chi connectivity index (χ3n) is 6.86. The number of para-hydroxylation sites is 2. The Balaban J connectivity index is 1.43. The molecule has 7 heteroatoms. The van der Waals surface area contributed by atoms with Crippen LogP contribution in [-0.2, 0) is 11.2 Å². The summed E-state index contributed by atoms with van der Waals surface area (Å²) in [6, 6.07) is 29.1. The van der Waals surface area contributed by atoms with E-state index in [9.17, 15) is 14.7 Å². The molecule has 0 saturated heterocycles. The van der Waals surface area contributed by atoms with Crippen LogP contribution in [0.1, 0.15) is 54.9 Å². The van der Waals surface area contributed by atoms with Gasteiger partial charge in [0.25, 0.3) is 5.91 Å². The Labute approximate surface area is 255 Å². The Hall–Kier alpha value is -4.10. The van der Waals surface area contributed by atoms with E-state index < -0.39 is 17.9 Å². The van der Waals surface area contributed by atoms with Crippen molar-refractivity contribution < 1.29 is 24.2 Å². The van der Waals surface area contributed by atoms with E-state index in [1.807, 2.05) is 84.9 Å². The molecule has 0 radical (unpaired) electrons. The van der Waals surface area contributed by atoms with Crippen LogP contribution in [0.3, 0.4) is 0 Å². The van der Waals surface area contributed by atoms with Gasteiger partial charge in [0.1, 0.15) is 23.3 Å². The van der Waals surface area contributed by atoms with Gasteiger partial charge in [0.05, 0.1) is 12.2 Å². The Morgan fingerprint density at radius 1 is 0.833 bits per heavy atom. The van der Waals surface area contributed by atoms with Gasteiger partial charge in [-0.3, -0.25) is 4.79 Å². The number of unbranched alkanes of at least 4 members (excludes halogenated alkanes) is 4. The van der Waals surface area contributed by atoms with Gasteiger partial charge in [0.15, 0.2) is 0 Å². The second-order valence-corrected chi connectivity index (χ2v) is 11.0. The number of carbonyl (C=O) groups is 2. The van der Waals surface area contributed by atoms with Crippen molar-refractivity contribution in [2.45, 2.75) is 51.5 Å². The first-order valence-electron chi connectivity index (χ1n) is 14.3. The molecule has 1 amide bonds. The number of aliphatic carboxylic acids is 1. The van der Waals surface area contributed by atoms with E-state index in [2.05, 4.69) is 28.2 Å². The highest BCUT2D eigenvalue weighted by molar-refractivity contribution is 9.10. The van der Waals surface area contributed by atoms with Gasteiger partial charge in [-0.2, -0.15) is 0 Å². The standard InChI is InChI=1S/C35H36BrNO5/c1-2-3-4-5-11-22-41-32-21-20-27(36)24-30(32)34(38)37-31(35(39)40)23-25-16-18-26(19-17-25)29-14-9-10-15-33(29)42-28-12-7-6-8-13-28/h6-10,12-21,24,31H,2-5,11,22-23H2,1H3,(H,37,38)(H,39,40). The van der Waals surface area contributed by atoms with Crippen molar-refractivity contribution in [1.29, 1.82) is 0 Å². The molecule has 1 unspecified atom stereocenters. The Morgan fingerprint density at radius 3 is 2.29 bits per heavy atom. The van der Waals surface area contributed by atoms with Crippen molar-refractivity contribution in [3.8, 4) is 28.4 Å². The molecular weight excluding hydrogens is 594 g/mol. The summed E-state index contributed by atoms with van der Waals surface area (Å²) in [7, 11) is 0. The van der Waals surface area contributed by atoms with E-state index in [0.29, 0.717) is 22.4 Å². The zero-order chi connectivity index (χ0) is 29.7. The first-order valence-corrected chi connectivity index (χ1v) is 15.1. The summed E-state index contributed by atoms with van der Waals surface area (Å²) in [6.45, 7) is 2.67. The molecule has 4 aromatic rings. The van der Waals surface area contributed by atoms with Crippen LogP contribution >= 0.6 is 15.9 Å². The molecule has 0 bridgehead atoms. The number of carbonyl (C=O) groups excluding carboxylic acids is 1. The molecule has 0 aliphatic carbocycles. The summed E-state index contributed by atoms with van der Waals surface area (Å²) < 4.78 is 12.7. The van der Waals surface area contributed by atoms with E-state index in [0.717, 1.165) is 47.5 Å². The quantitative estimate of drug-likeness (QED) is 0.128. The number of carboxylic acids is 1. The molecule has 0 spiro atoms. The first kappa shape index (κ1) is 30.8. The number of nitrogens with one attached hydrogen (secondary N) is 1. The molecule has 218 valence electrons. The first-order chi connectivity index (χ1) is 20.4. The Bertz CT molecular complexity index is 1460. The van der Waals surface area contributed by atoms with E-state index in [-0.39, 0.29) is 6.42 Å². The lowest BCUT2D eigenvalue weighted by Crippen LogP contribution is -2.42. The number of ether oxygens (including phenoxy) is 2. The molecule has 0 saturated carbocycles. The molecule has 0 aromatic heterocycles. The van der Waals surface area contributed by atoms with Crippen LogP contribution in [0.4, 0.5) is 0 Å². The fraction of sp³-hybridized carbons (Fsp3) is 0.257. The monoisotopic (exact) mass is 629 g/mol. The minimum absolute atomic E-state index is 0.130. The molecule has 4 rings (SSSR count). The minimum atomic E-state index is -1.11. The van der Waals surface area contributed by atoms with Gasteiger partial charge in [-0.05, 0) is 53.9 Å². The number of hydrogen-bond acceptors (Lipinski definition) is 4. The third-order valence-corrected chi connectivity index (χ3v) is 7.35. The van der Waals surface area contributed by atoms with Gasteiger partial charge >= 0.3 is 5.97 Å². The van der Waals surface area contributed by atoms with Crippen molar-refractivity contribution >= 4 is 27.8 Å². The third kappa shape index (κ3) is 8.95. The summed E-state index contributed by atoms with van der Waals surface area (Å²) in [5.41, 5.74) is 2.94. The molecule has 2 N–H and O–H groups in total. The van der Waals surface area contributed by atoms with Gasteiger partial charge in [-0.15, -0.1) is 0 Å². The highest BCUT2D eigenvalue weighted by atomic mass is 79.9. The molecule has 0 heterocycles. The topological polar surface area (TPSA) is 84.9 Å². The average molecular weight is 631 g/mol. The van der Waals surface area contributed by atoms with Gasteiger partial charge in [0, 0.05) is 16.5 Å². The molecule has 6 nitrogen and oxygen atoms in total. The lowest BCUT2D eigenvalue weighted by Gasteiger charge is -2.17. The molecule has 42 heavy (non-hydrogen) atoms. The zero-order valence-electron chi connectivity index (χ0n) is 23.7. The second kappa shape index (κ2) is 15.8. The summed E-state index contributed by atoms with van der Waals surface area (Å²) in [4.78, 5) is 25.4. The Morgan fingerprint density at radius 2 is 1.55 bits per heavy atom. The number of amides is 1. The average Bonchev–Trinajstić information content (AvgIpc) is 3.00. The highest BCUT2D eigenvalue weighted by Gasteiger charge is 2.23. The van der Waals surface area contributed by atoms with Crippen LogP contribution in [0.15, 0.2) is 102 Å². The van der Waals surface area contributed by atoms with Gasteiger partial charge in [-0.1, -0.05) is 109 Å². The van der Waals surface area contributed by atoms with Crippen LogP contribution in [0.25, 0.3) is 11.1 Å². The fourth-order valence-corrected chi connectivity index (χ4v) is 4.96. The lowest BCUT2D eigenvalue weighted by molar-refractivity contribution is -0.139. The zero-order valence-corrected chi connectivity index (χ0v) is 25.3. The molecular formula is C35H36BrNO5. The lowest BCUT2D eigenvalue weighted by atomic mass is 9.99. The van der Waals surface area contributed by atoms with Crippen molar-refractivity contribution in [1.82, 2.24) is 5.32 Å². The van der Waals surface area contributed by atoms with Crippen molar-refractivity contribution in [2.75, 3.05) is 6.61 Å². The maximum atomic E-state index is 13.2. The predicted molar refractivity (Wildman–Crippen MR) is 169 cm³/mol. The number of benzene rings is 4. The molecule has 0 aliphatic heterocycles. The minimum Gasteiger partial charge on any atom is -0.493 e. The second-order valence-electron chi connectivity index (χ2n) is 10.1. The van der Waals surface area contributed by atoms with Crippen molar-refractivity contribution in [3.63, 3.8) is 0 Å². The summed E-state index contributed by atoms with van der Waals surface area (Å²) in [5.74, 6) is 0.305. The largest absolute Gasteiger partial charge is 0.493 e. The molecule has 1 atom stereocenters. The van der Waals surface area contributed by atoms with Crippen molar-refractivity contribution in [2.24, 2.45) is 0 Å². The summed E-state index contributed by atoms with van der Waals surface area (Å²) >= 11 is 3.41. The van der Waals surface area contributed by atoms with Gasteiger partial charge in [0.2, 0.25) is 0 Å². The summed E-state index contributed by atoms with van der Waals surface area (Å²) in [5, 5.41) is 12.6. The summed E-state index contributed by atoms with van der Waals surface area (Å²) in [6.07, 6.45) is 5.62. The maximum absolute atomic E-state index is 13.2. The number of carboxylic acid groups (broad SMARTS) is 1. The SMILES string of the molecule is CCCCCCCOc1ccc(Br)cc1C(=O)NC(Cc1ccc(-c2ccccc2Oc2ccccc2)cc1)C(=O)O. The number of rotatable bonds is 15. The van der Waals surface area contributed by atoms with Crippen LogP contribution in [0.5, 0.6) is 17.2 Å². The van der Waals surface area contributed by atoms with Crippen LogP contribution in [0.2, 0.25) is 0 Å². The molecule has 0 aliphatic rings. The maximum Gasteiger partial charge on any atom is 0.326 e. The van der Waals surface area contributed by atoms with Crippen LogP contribution in [0, 0.1) is 0 Å². The normalized spacial score (nSPS) is 11.5. The predicted octanol–water partition coefficient (Wildman–Crippen LogP) is 8.68. The van der Waals surface area contributed by atoms with Gasteiger partial charge in [-0.25, -0.2) is 4.79 Å². The Kier molecular flexibility index (Phi) is 11.6. The van der Waals surface area contributed by atoms with E-state index in [1.165, 1.54) is 12.8 Å². The highest BCUT2D eigenvalue weighted by Crippen LogP contribution is 2.33. The van der Waals surface area contributed by atoms with E-state index in [1.54, 1.807) is 12.1 Å². The molecule has 4 aromatic carbocycles. The molecule has 0 fully saturated rings. The number of hydrogen-bond donors (Lipinski definition) is 2. The van der Waals surface area contributed by atoms with Crippen LogP contribution < -0.4 is 14.8 Å². The van der Waals surface area contributed by atoms with E-state index in [4.69, 9.17) is 9.47 Å². The van der Waals surface area contributed by atoms with Gasteiger partial charge < -0.3 is 19.9 Å². The van der Waals surface area contributed by atoms with Crippen molar-refractivity contribution in [3.05, 3.63) is 113 Å². The number of halogens is 1.